The van der Waals surface area contributed by atoms with E-state index in [1.165, 1.54) is 5.56 Å². The van der Waals surface area contributed by atoms with Crippen LogP contribution in [0.2, 0.25) is 0 Å². The van der Waals surface area contributed by atoms with Crippen molar-refractivity contribution in [3.8, 4) is 40.2 Å². The number of likely N-dealkylation sites (tertiary alicyclic amines) is 2. The fraction of sp³-hybridized carbons (Fsp3) is 0.212. The lowest BCUT2D eigenvalue weighted by Crippen LogP contribution is -2.72. The molecule has 41 heavy (non-hydrogen) atoms. The third kappa shape index (κ3) is 4.50. The van der Waals surface area contributed by atoms with E-state index >= 15 is 0 Å². The fourth-order valence-electron chi connectivity index (χ4n) is 6.07. The van der Waals surface area contributed by atoms with Crippen LogP contribution in [0.3, 0.4) is 0 Å². The van der Waals surface area contributed by atoms with Crippen molar-refractivity contribution in [2.45, 2.75) is 13.5 Å². The second-order valence-electron chi connectivity index (χ2n) is 11.0. The van der Waals surface area contributed by atoms with Crippen LogP contribution in [0.4, 0.5) is 5.82 Å². The Hall–Kier alpha value is -5.00. The van der Waals surface area contributed by atoms with Crippen LogP contribution in [0.15, 0.2) is 85.1 Å². The van der Waals surface area contributed by atoms with Crippen LogP contribution in [0.25, 0.3) is 39.5 Å². The van der Waals surface area contributed by atoms with E-state index in [2.05, 4.69) is 62.7 Å². The molecule has 1 amide bonds. The van der Waals surface area contributed by atoms with Gasteiger partial charge in [0.2, 0.25) is 0 Å². The molecule has 202 valence electrons. The molecule has 0 aliphatic carbocycles. The molecule has 2 aromatic carbocycles. The van der Waals surface area contributed by atoms with Crippen LogP contribution in [0.5, 0.6) is 0 Å². The predicted molar refractivity (Wildman–Crippen MR) is 160 cm³/mol. The van der Waals surface area contributed by atoms with E-state index in [1.54, 1.807) is 13.1 Å². The zero-order valence-corrected chi connectivity index (χ0v) is 22.8. The number of fused-ring (bicyclic) bond motifs is 1. The molecule has 0 unspecified atom stereocenters. The molecule has 0 atom stereocenters. The van der Waals surface area contributed by atoms with Gasteiger partial charge < -0.3 is 10.6 Å². The number of aromatic nitrogens is 4. The minimum atomic E-state index is -0.0584. The third-order valence-electron chi connectivity index (χ3n) is 7.94. The van der Waals surface area contributed by atoms with Gasteiger partial charge >= 0.3 is 0 Å². The Labute approximate surface area is 238 Å². The average Bonchev–Trinajstić information content (AvgIpc) is 3.33. The van der Waals surface area contributed by atoms with Crippen molar-refractivity contribution in [3.63, 3.8) is 0 Å². The van der Waals surface area contributed by atoms with Crippen LogP contribution >= 0.6 is 0 Å². The van der Waals surface area contributed by atoms with Gasteiger partial charge in [-0.25, -0.2) is 15.0 Å². The summed E-state index contributed by atoms with van der Waals surface area (Å²) in [5, 5.41) is 0. The summed E-state index contributed by atoms with van der Waals surface area (Å²) in [4.78, 5) is 30.6. The van der Waals surface area contributed by atoms with E-state index in [0.717, 1.165) is 66.4 Å². The number of pyridine rings is 2. The molecule has 2 saturated heterocycles. The number of nitrogen functional groups attached to an aromatic ring is 1. The lowest BCUT2D eigenvalue weighted by atomic mass is 9.72. The van der Waals surface area contributed by atoms with Crippen LogP contribution in [0.1, 0.15) is 12.5 Å². The standard InChI is InChI=1S/C33H29N7O/c1-2-7-29(41)39-21-33(22-39)19-38(20-33)18-23-11-13-25(14-12-23)40-31(26-10-6-17-35-30(26)34)37-28-16-15-27(36-32(28)40)24-8-4-3-5-9-24/h3-6,8-17H,18-22H2,1H3,(H2,34,35). The van der Waals surface area contributed by atoms with Crippen molar-refractivity contribution < 1.29 is 4.79 Å². The highest BCUT2D eigenvalue weighted by atomic mass is 16.2. The summed E-state index contributed by atoms with van der Waals surface area (Å²) in [7, 11) is 0. The highest BCUT2D eigenvalue weighted by Crippen LogP contribution is 2.40. The molecule has 8 heteroatoms. The van der Waals surface area contributed by atoms with Gasteiger partial charge in [-0.05, 0) is 54.8 Å². The van der Waals surface area contributed by atoms with Gasteiger partial charge in [0.05, 0.1) is 11.3 Å². The molecule has 0 bridgehead atoms. The van der Waals surface area contributed by atoms with Crippen molar-refractivity contribution in [2.75, 3.05) is 31.9 Å². The second kappa shape index (κ2) is 9.88. The first-order chi connectivity index (χ1) is 20.0. The number of benzene rings is 2. The van der Waals surface area contributed by atoms with Crippen LogP contribution in [0, 0.1) is 17.3 Å². The number of anilines is 1. The minimum absolute atomic E-state index is 0.0584. The Balaban J connectivity index is 1.17. The maximum absolute atomic E-state index is 12.0. The lowest BCUT2D eigenvalue weighted by molar-refractivity contribution is -0.154. The summed E-state index contributed by atoms with van der Waals surface area (Å²) in [6, 6.07) is 26.5. The van der Waals surface area contributed by atoms with E-state index in [0.29, 0.717) is 11.6 Å². The zero-order chi connectivity index (χ0) is 28.0. The smallest absolute Gasteiger partial charge is 0.298 e. The summed E-state index contributed by atoms with van der Waals surface area (Å²) in [6.07, 6.45) is 1.69. The molecule has 1 spiro atoms. The van der Waals surface area contributed by atoms with Crippen molar-refractivity contribution in [3.05, 3.63) is 90.6 Å². The number of imidazole rings is 1. The maximum Gasteiger partial charge on any atom is 0.298 e. The highest BCUT2D eigenvalue weighted by molar-refractivity contribution is 5.94. The topological polar surface area (TPSA) is 93.2 Å². The van der Waals surface area contributed by atoms with Gasteiger partial charge in [-0.2, -0.15) is 0 Å². The molecule has 8 nitrogen and oxygen atoms in total. The first-order valence-electron chi connectivity index (χ1n) is 13.7. The summed E-state index contributed by atoms with van der Waals surface area (Å²) in [5.74, 6) is 6.42. The van der Waals surface area contributed by atoms with Gasteiger partial charge in [0.15, 0.2) is 11.5 Å². The van der Waals surface area contributed by atoms with E-state index in [4.69, 9.17) is 15.7 Å². The number of rotatable bonds is 5. The summed E-state index contributed by atoms with van der Waals surface area (Å²) in [5.41, 5.74) is 13.0. The molecule has 3 aromatic heterocycles. The summed E-state index contributed by atoms with van der Waals surface area (Å²) < 4.78 is 2.07. The molecule has 2 aliphatic rings. The van der Waals surface area contributed by atoms with Crippen molar-refractivity contribution >= 4 is 22.9 Å². The summed E-state index contributed by atoms with van der Waals surface area (Å²) >= 11 is 0. The Morgan fingerprint density at radius 3 is 2.44 bits per heavy atom. The average molecular weight is 540 g/mol. The van der Waals surface area contributed by atoms with Gasteiger partial charge in [0.1, 0.15) is 11.3 Å². The Morgan fingerprint density at radius 2 is 1.71 bits per heavy atom. The van der Waals surface area contributed by atoms with Crippen molar-refractivity contribution in [1.82, 2.24) is 29.3 Å². The minimum Gasteiger partial charge on any atom is -0.383 e. The Morgan fingerprint density at radius 1 is 0.927 bits per heavy atom. The first kappa shape index (κ1) is 25.0. The molecular formula is C33H29N7O. The Kier molecular flexibility index (Phi) is 6.02. The van der Waals surface area contributed by atoms with Gasteiger partial charge in [0, 0.05) is 55.6 Å². The Bertz CT molecular complexity index is 1820. The molecule has 2 aliphatic heterocycles. The molecule has 2 N–H and O–H groups in total. The van der Waals surface area contributed by atoms with Crippen LogP contribution < -0.4 is 5.73 Å². The molecule has 5 aromatic rings. The number of nitrogens with two attached hydrogens (primary N) is 1. The quantitative estimate of drug-likeness (QED) is 0.333. The predicted octanol–water partition coefficient (Wildman–Crippen LogP) is 4.40. The number of hydrogen-bond acceptors (Lipinski definition) is 6. The number of nitrogens with zero attached hydrogens (tertiary/aromatic N) is 6. The molecule has 0 radical (unpaired) electrons. The molecule has 7 rings (SSSR count). The number of carbonyl (C=O) groups excluding carboxylic acids is 1. The lowest BCUT2D eigenvalue weighted by Gasteiger charge is -2.60. The number of carbonyl (C=O) groups is 1. The van der Waals surface area contributed by atoms with E-state index in [-0.39, 0.29) is 11.3 Å². The molecule has 2 fully saturated rings. The molecule has 5 heterocycles. The molecule has 0 saturated carbocycles. The van der Waals surface area contributed by atoms with E-state index in [9.17, 15) is 4.79 Å². The van der Waals surface area contributed by atoms with Gasteiger partial charge in [-0.3, -0.25) is 14.3 Å². The first-order valence-corrected chi connectivity index (χ1v) is 13.7. The normalized spacial score (nSPS) is 15.7. The summed E-state index contributed by atoms with van der Waals surface area (Å²) in [6.45, 7) is 6.19. The van der Waals surface area contributed by atoms with Crippen LogP contribution in [-0.4, -0.2) is 61.4 Å². The number of hydrogen-bond donors (Lipinski definition) is 1. The maximum atomic E-state index is 12.0. The van der Waals surface area contributed by atoms with Gasteiger partial charge in [0.25, 0.3) is 5.91 Å². The fourth-order valence-corrected chi connectivity index (χ4v) is 6.07. The van der Waals surface area contributed by atoms with E-state index in [1.807, 2.05) is 47.4 Å². The zero-order valence-electron chi connectivity index (χ0n) is 22.8. The third-order valence-corrected chi connectivity index (χ3v) is 7.94. The monoisotopic (exact) mass is 539 g/mol. The highest BCUT2D eigenvalue weighted by Gasteiger charge is 2.52. The van der Waals surface area contributed by atoms with Crippen molar-refractivity contribution in [2.24, 2.45) is 5.41 Å². The second-order valence-corrected chi connectivity index (χ2v) is 11.0. The SMILES string of the molecule is CC#CC(=O)N1CC2(CN(Cc3ccc(-n4c(-c5cccnc5N)nc5ccc(-c6ccccc6)nc54)cc3)C2)C1. The largest absolute Gasteiger partial charge is 0.383 e. The van der Waals surface area contributed by atoms with E-state index < -0.39 is 0 Å². The van der Waals surface area contributed by atoms with Gasteiger partial charge in [-0.15, -0.1) is 0 Å². The number of amides is 1. The molecular weight excluding hydrogens is 510 g/mol. The van der Waals surface area contributed by atoms with Crippen molar-refractivity contribution in [1.29, 1.82) is 0 Å². The van der Waals surface area contributed by atoms with Crippen LogP contribution in [-0.2, 0) is 11.3 Å². The van der Waals surface area contributed by atoms with Gasteiger partial charge in [-0.1, -0.05) is 48.4 Å².